The Balaban J connectivity index is 2.10. The van der Waals surface area contributed by atoms with Crippen LogP contribution >= 0.6 is 24.4 Å². The Morgan fingerprint density at radius 2 is 1.45 bits per heavy atom. The number of benzene rings is 2. The second kappa shape index (κ2) is 7.38. The standard InChI is InChI=1S/C16H16N2O2S2/c1-10(19)17-12-3-6-14(7-4-12)22-16-8-5-13(9-15(16)21)18-11(2)20/h3-9,21H,1-2H3,(H,17,19)(H,18,20). The maximum absolute atomic E-state index is 11.0. The molecule has 0 saturated heterocycles. The molecule has 114 valence electrons. The van der Waals surface area contributed by atoms with Gasteiger partial charge in [-0.15, -0.1) is 12.6 Å². The van der Waals surface area contributed by atoms with Crippen LogP contribution < -0.4 is 10.6 Å². The predicted molar refractivity (Wildman–Crippen MR) is 92.9 cm³/mol. The molecular formula is C16H16N2O2S2. The first kappa shape index (κ1) is 16.5. The van der Waals surface area contributed by atoms with Gasteiger partial charge in [0.05, 0.1) is 0 Å². The van der Waals surface area contributed by atoms with Crippen LogP contribution in [0.25, 0.3) is 0 Å². The Bertz CT molecular complexity index is 700. The van der Waals surface area contributed by atoms with Crippen molar-refractivity contribution in [2.75, 3.05) is 10.6 Å². The van der Waals surface area contributed by atoms with Gasteiger partial charge in [-0.05, 0) is 42.5 Å². The van der Waals surface area contributed by atoms with E-state index < -0.39 is 0 Å². The Kier molecular flexibility index (Phi) is 5.51. The SMILES string of the molecule is CC(=O)Nc1ccc(Sc2ccc(NC(C)=O)cc2S)cc1. The summed E-state index contributed by atoms with van der Waals surface area (Å²) in [6.07, 6.45) is 0. The minimum Gasteiger partial charge on any atom is -0.326 e. The van der Waals surface area contributed by atoms with Crippen molar-refractivity contribution in [2.24, 2.45) is 0 Å². The Labute approximate surface area is 139 Å². The molecule has 0 fully saturated rings. The van der Waals surface area contributed by atoms with Crippen LogP contribution in [0.15, 0.2) is 57.2 Å². The largest absolute Gasteiger partial charge is 0.326 e. The predicted octanol–water partition coefficient (Wildman–Crippen LogP) is 4.04. The molecule has 0 saturated carbocycles. The van der Waals surface area contributed by atoms with Gasteiger partial charge in [-0.1, -0.05) is 11.8 Å². The zero-order chi connectivity index (χ0) is 16.1. The fourth-order valence-electron chi connectivity index (χ4n) is 1.82. The first-order valence-corrected chi connectivity index (χ1v) is 7.86. The lowest BCUT2D eigenvalue weighted by atomic mass is 10.3. The van der Waals surface area contributed by atoms with Gasteiger partial charge in [0, 0.05) is 39.9 Å². The highest BCUT2D eigenvalue weighted by Crippen LogP contribution is 2.34. The highest BCUT2D eigenvalue weighted by atomic mass is 32.2. The fourth-order valence-corrected chi connectivity index (χ4v) is 3.00. The van der Waals surface area contributed by atoms with E-state index >= 15 is 0 Å². The number of anilines is 2. The molecule has 4 nitrogen and oxygen atoms in total. The lowest BCUT2D eigenvalue weighted by Crippen LogP contribution is -2.05. The van der Waals surface area contributed by atoms with Crippen molar-refractivity contribution >= 4 is 47.6 Å². The molecule has 2 aromatic rings. The maximum Gasteiger partial charge on any atom is 0.221 e. The third-order valence-electron chi connectivity index (χ3n) is 2.68. The summed E-state index contributed by atoms with van der Waals surface area (Å²) < 4.78 is 0. The average molecular weight is 332 g/mol. The van der Waals surface area contributed by atoms with Crippen LogP contribution in [0.3, 0.4) is 0 Å². The number of nitrogens with one attached hydrogen (secondary N) is 2. The van der Waals surface area contributed by atoms with Gasteiger partial charge in [0.15, 0.2) is 0 Å². The maximum atomic E-state index is 11.0. The summed E-state index contributed by atoms with van der Waals surface area (Å²) in [6.45, 7) is 2.95. The second-order valence-electron chi connectivity index (χ2n) is 4.67. The van der Waals surface area contributed by atoms with E-state index in [9.17, 15) is 9.59 Å². The molecule has 22 heavy (non-hydrogen) atoms. The molecule has 2 rings (SSSR count). The van der Waals surface area contributed by atoms with Gasteiger partial charge in [-0.25, -0.2) is 0 Å². The second-order valence-corrected chi connectivity index (χ2v) is 6.27. The molecule has 0 atom stereocenters. The lowest BCUT2D eigenvalue weighted by Gasteiger charge is -2.09. The van der Waals surface area contributed by atoms with E-state index in [1.54, 1.807) is 11.8 Å². The van der Waals surface area contributed by atoms with E-state index in [2.05, 4.69) is 23.3 Å². The molecule has 0 aromatic heterocycles. The summed E-state index contributed by atoms with van der Waals surface area (Å²) >= 11 is 6.02. The third kappa shape index (κ3) is 4.82. The van der Waals surface area contributed by atoms with Crippen molar-refractivity contribution in [1.82, 2.24) is 0 Å². The van der Waals surface area contributed by atoms with Crippen molar-refractivity contribution in [3.05, 3.63) is 42.5 Å². The summed E-state index contributed by atoms with van der Waals surface area (Å²) in [4.78, 5) is 24.8. The number of thiol groups is 1. The van der Waals surface area contributed by atoms with Crippen LogP contribution in [0, 0.1) is 0 Å². The van der Waals surface area contributed by atoms with Crippen molar-refractivity contribution in [3.8, 4) is 0 Å². The molecule has 0 radical (unpaired) electrons. The van der Waals surface area contributed by atoms with Gasteiger partial charge in [-0.2, -0.15) is 0 Å². The van der Waals surface area contributed by atoms with Gasteiger partial charge in [-0.3, -0.25) is 9.59 Å². The summed E-state index contributed by atoms with van der Waals surface area (Å²) in [5.41, 5.74) is 1.49. The van der Waals surface area contributed by atoms with E-state index in [0.29, 0.717) is 0 Å². The van der Waals surface area contributed by atoms with Crippen LogP contribution in [0.4, 0.5) is 11.4 Å². The van der Waals surface area contributed by atoms with Crippen molar-refractivity contribution in [1.29, 1.82) is 0 Å². The third-order valence-corrected chi connectivity index (χ3v) is 4.29. The zero-order valence-corrected chi connectivity index (χ0v) is 13.9. The van der Waals surface area contributed by atoms with Crippen LogP contribution in [0.5, 0.6) is 0 Å². The van der Waals surface area contributed by atoms with Gasteiger partial charge >= 0.3 is 0 Å². The molecule has 2 aromatic carbocycles. The average Bonchev–Trinajstić information content (AvgIpc) is 2.42. The van der Waals surface area contributed by atoms with Crippen molar-refractivity contribution < 1.29 is 9.59 Å². The first-order chi connectivity index (χ1) is 10.4. The highest BCUT2D eigenvalue weighted by molar-refractivity contribution is 7.99. The molecule has 2 amide bonds. The van der Waals surface area contributed by atoms with E-state index in [4.69, 9.17) is 0 Å². The van der Waals surface area contributed by atoms with Crippen LogP contribution in [0.1, 0.15) is 13.8 Å². The molecule has 0 aliphatic heterocycles. The van der Waals surface area contributed by atoms with Gasteiger partial charge in [0.2, 0.25) is 11.8 Å². The normalized spacial score (nSPS) is 10.1. The smallest absolute Gasteiger partial charge is 0.221 e. The van der Waals surface area contributed by atoms with Gasteiger partial charge in [0.1, 0.15) is 0 Å². The number of hydrogen-bond donors (Lipinski definition) is 3. The summed E-state index contributed by atoms with van der Waals surface area (Å²) in [7, 11) is 0. The summed E-state index contributed by atoms with van der Waals surface area (Å²) in [5, 5.41) is 5.45. The van der Waals surface area contributed by atoms with Crippen LogP contribution in [0.2, 0.25) is 0 Å². The van der Waals surface area contributed by atoms with Crippen LogP contribution in [-0.2, 0) is 9.59 Å². The van der Waals surface area contributed by atoms with Crippen molar-refractivity contribution in [2.45, 2.75) is 28.5 Å². The summed E-state index contributed by atoms with van der Waals surface area (Å²) in [6, 6.07) is 13.2. The van der Waals surface area contributed by atoms with Gasteiger partial charge in [0.25, 0.3) is 0 Å². The molecule has 0 aliphatic carbocycles. The number of hydrogen-bond acceptors (Lipinski definition) is 4. The van der Waals surface area contributed by atoms with E-state index in [0.717, 1.165) is 26.1 Å². The van der Waals surface area contributed by atoms with E-state index in [1.807, 2.05) is 42.5 Å². The molecule has 2 N–H and O–H groups in total. The zero-order valence-electron chi connectivity index (χ0n) is 12.2. The first-order valence-electron chi connectivity index (χ1n) is 6.60. The molecule has 0 unspecified atom stereocenters. The Morgan fingerprint density at radius 1 is 0.909 bits per heavy atom. The Morgan fingerprint density at radius 3 is 2.00 bits per heavy atom. The Hall–Kier alpha value is -1.92. The fraction of sp³-hybridized carbons (Fsp3) is 0.125. The minimum atomic E-state index is -0.110. The molecular weight excluding hydrogens is 316 g/mol. The van der Waals surface area contributed by atoms with E-state index in [-0.39, 0.29) is 11.8 Å². The molecule has 0 heterocycles. The van der Waals surface area contributed by atoms with Gasteiger partial charge < -0.3 is 10.6 Å². The quantitative estimate of drug-likeness (QED) is 0.741. The topological polar surface area (TPSA) is 58.2 Å². The lowest BCUT2D eigenvalue weighted by molar-refractivity contribution is -0.115. The highest BCUT2D eigenvalue weighted by Gasteiger charge is 2.05. The number of carbonyl (C=O) groups is 2. The number of amides is 2. The monoisotopic (exact) mass is 332 g/mol. The van der Waals surface area contributed by atoms with Crippen molar-refractivity contribution in [3.63, 3.8) is 0 Å². The molecule has 0 bridgehead atoms. The number of carbonyl (C=O) groups excluding carboxylic acids is 2. The molecule has 0 spiro atoms. The molecule has 0 aliphatic rings. The molecule has 6 heteroatoms. The van der Waals surface area contributed by atoms with Crippen LogP contribution in [-0.4, -0.2) is 11.8 Å². The number of rotatable bonds is 4. The minimum absolute atomic E-state index is 0.0911. The van der Waals surface area contributed by atoms with E-state index in [1.165, 1.54) is 13.8 Å². The summed E-state index contributed by atoms with van der Waals surface area (Å²) in [5.74, 6) is -0.201.